The Morgan fingerprint density at radius 3 is 1.63 bits per heavy atom. The van der Waals surface area contributed by atoms with E-state index in [4.69, 9.17) is 9.47 Å². The van der Waals surface area contributed by atoms with Crippen LogP contribution in [-0.4, -0.2) is 38.3 Å². The number of benzene rings is 1. The molecule has 0 bridgehead atoms. The zero-order valence-corrected chi connectivity index (χ0v) is 25.0. The molecule has 0 saturated heterocycles. The summed E-state index contributed by atoms with van der Waals surface area (Å²) in [6, 6.07) is 11.1. The van der Waals surface area contributed by atoms with Gasteiger partial charge in [-0.25, -0.2) is 8.42 Å². The lowest BCUT2D eigenvalue weighted by Gasteiger charge is -2.28. The van der Waals surface area contributed by atoms with Crippen LogP contribution in [0.25, 0.3) is 0 Å². The van der Waals surface area contributed by atoms with Gasteiger partial charge in [0.15, 0.2) is 14.6 Å². The van der Waals surface area contributed by atoms with Crippen LogP contribution in [0.4, 0.5) is 0 Å². The van der Waals surface area contributed by atoms with Gasteiger partial charge in [-0.15, -0.1) is 0 Å². The van der Waals surface area contributed by atoms with Gasteiger partial charge in [0.25, 0.3) is 0 Å². The maximum absolute atomic E-state index is 13.7. The summed E-state index contributed by atoms with van der Waals surface area (Å²) in [6.07, 6.45) is 4.77. The van der Waals surface area contributed by atoms with E-state index in [0.717, 1.165) is 6.42 Å². The number of carbonyl (C=O) groups excluding carboxylic acids is 2. The molecular formula is C30H47NO6S. The number of sulfone groups is 1. The standard InChI is InChI=1S/C30H47NO6S/c1-7-36-26(32)28(3,4)19-13-10-14-21-30(24-31,38(34,35)23-25-17-11-9-12-18-25)22-16-15-20-29(5,6)27(33)37-8-2/h9,11-12,17-18H,7-8,10,13-16,19-23H2,1-6H3. The van der Waals surface area contributed by atoms with Crippen molar-refractivity contribution in [2.24, 2.45) is 10.8 Å². The van der Waals surface area contributed by atoms with Crippen LogP contribution in [0.5, 0.6) is 0 Å². The van der Waals surface area contributed by atoms with Crippen LogP contribution in [0.1, 0.15) is 105 Å². The Morgan fingerprint density at radius 2 is 1.18 bits per heavy atom. The Bertz CT molecular complexity index is 1030. The summed E-state index contributed by atoms with van der Waals surface area (Å²) in [4.78, 5) is 24.4. The highest BCUT2D eigenvalue weighted by molar-refractivity contribution is 7.92. The third-order valence-corrected chi connectivity index (χ3v) is 9.57. The minimum atomic E-state index is -3.79. The van der Waals surface area contributed by atoms with Gasteiger partial charge < -0.3 is 9.47 Å². The predicted molar refractivity (Wildman–Crippen MR) is 150 cm³/mol. The van der Waals surface area contributed by atoms with Crippen molar-refractivity contribution < 1.29 is 27.5 Å². The smallest absolute Gasteiger partial charge is 0.311 e. The summed E-state index contributed by atoms with van der Waals surface area (Å²) in [5.74, 6) is -0.692. The number of nitriles is 1. The van der Waals surface area contributed by atoms with E-state index in [0.29, 0.717) is 57.3 Å². The van der Waals surface area contributed by atoms with Crippen LogP contribution in [-0.2, 0) is 34.7 Å². The van der Waals surface area contributed by atoms with Gasteiger partial charge in [-0.1, -0.05) is 62.4 Å². The van der Waals surface area contributed by atoms with E-state index in [-0.39, 0.29) is 30.5 Å². The molecule has 0 aromatic heterocycles. The maximum Gasteiger partial charge on any atom is 0.311 e. The van der Waals surface area contributed by atoms with E-state index in [1.54, 1.807) is 38.1 Å². The fourth-order valence-corrected chi connectivity index (χ4v) is 6.50. The lowest BCUT2D eigenvalue weighted by atomic mass is 9.85. The molecule has 0 amide bonds. The highest BCUT2D eigenvalue weighted by Gasteiger charge is 2.43. The highest BCUT2D eigenvalue weighted by atomic mass is 32.2. The minimum absolute atomic E-state index is 0.189. The van der Waals surface area contributed by atoms with E-state index in [9.17, 15) is 23.3 Å². The summed E-state index contributed by atoms with van der Waals surface area (Å²) in [5, 5.41) is 10.3. The molecule has 1 unspecified atom stereocenters. The topological polar surface area (TPSA) is 111 Å². The fourth-order valence-electron chi connectivity index (χ4n) is 4.54. The van der Waals surface area contributed by atoms with Crippen LogP contribution < -0.4 is 0 Å². The van der Waals surface area contributed by atoms with E-state index in [1.807, 2.05) is 33.8 Å². The van der Waals surface area contributed by atoms with Gasteiger partial charge in [-0.3, -0.25) is 9.59 Å². The molecule has 0 radical (unpaired) electrons. The number of nitrogens with zero attached hydrogens (tertiary/aromatic N) is 1. The molecule has 1 rings (SSSR count). The van der Waals surface area contributed by atoms with Gasteiger partial charge in [-0.2, -0.15) is 5.26 Å². The third kappa shape index (κ3) is 10.1. The van der Waals surface area contributed by atoms with Crippen molar-refractivity contribution >= 4 is 21.8 Å². The van der Waals surface area contributed by atoms with Crippen molar-refractivity contribution in [3.63, 3.8) is 0 Å². The Labute approximate surface area is 230 Å². The van der Waals surface area contributed by atoms with Crippen LogP contribution >= 0.6 is 0 Å². The Morgan fingerprint density at radius 1 is 0.763 bits per heavy atom. The fraction of sp³-hybridized carbons (Fsp3) is 0.700. The van der Waals surface area contributed by atoms with Crippen molar-refractivity contribution in [2.45, 2.75) is 110 Å². The van der Waals surface area contributed by atoms with Crippen LogP contribution in [0.2, 0.25) is 0 Å². The number of unbranched alkanes of at least 4 members (excludes halogenated alkanes) is 3. The molecule has 1 aromatic rings. The first-order valence-electron chi connectivity index (χ1n) is 13.8. The van der Waals surface area contributed by atoms with Crippen molar-refractivity contribution in [1.29, 1.82) is 5.26 Å². The summed E-state index contributed by atoms with van der Waals surface area (Å²) in [7, 11) is -3.79. The average molecular weight is 550 g/mol. The molecule has 1 atom stereocenters. The number of hydrogen-bond donors (Lipinski definition) is 0. The van der Waals surface area contributed by atoms with Gasteiger partial charge in [0, 0.05) is 0 Å². The second-order valence-electron chi connectivity index (χ2n) is 11.3. The number of esters is 2. The zero-order valence-electron chi connectivity index (χ0n) is 24.2. The monoisotopic (exact) mass is 549 g/mol. The SMILES string of the molecule is CCOC(=O)C(C)(C)CCCCCC(C#N)(CCCCC(C)(C)C(=O)OCC)S(=O)(=O)Cc1ccccc1. The summed E-state index contributed by atoms with van der Waals surface area (Å²) >= 11 is 0. The van der Waals surface area contributed by atoms with E-state index in [2.05, 4.69) is 6.07 Å². The third-order valence-electron chi connectivity index (χ3n) is 7.17. The lowest BCUT2D eigenvalue weighted by Crippen LogP contribution is -2.38. The Kier molecular flexibility index (Phi) is 13.5. The molecule has 0 aliphatic rings. The molecule has 8 heteroatoms. The molecule has 0 fully saturated rings. The quantitative estimate of drug-likeness (QED) is 0.151. The summed E-state index contributed by atoms with van der Waals surface area (Å²) in [6.45, 7) is 11.6. The van der Waals surface area contributed by atoms with Crippen LogP contribution in [0, 0.1) is 22.2 Å². The highest BCUT2D eigenvalue weighted by Crippen LogP contribution is 2.35. The summed E-state index contributed by atoms with van der Waals surface area (Å²) < 4.78 is 36.1. The van der Waals surface area contributed by atoms with Crippen molar-refractivity contribution in [2.75, 3.05) is 13.2 Å². The number of carbonyl (C=O) groups is 2. The summed E-state index contributed by atoms with van der Waals surface area (Å²) in [5.41, 5.74) is -0.611. The second kappa shape index (κ2) is 15.3. The molecule has 214 valence electrons. The molecular weight excluding hydrogens is 502 g/mol. The first kappa shape index (κ1) is 33.6. The molecule has 0 spiro atoms. The number of hydrogen-bond acceptors (Lipinski definition) is 7. The average Bonchev–Trinajstić information content (AvgIpc) is 2.85. The molecule has 0 heterocycles. The molecule has 0 aliphatic carbocycles. The maximum atomic E-state index is 13.7. The Balaban J connectivity index is 2.93. The Hall–Kier alpha value is -2.40. The molecule has 0 saturated carbocycles. The first-order chi connectivity index (χ1) is 17.8. The van der Waals surface area contributed by atoms with E-state index < -0.39 is 25.4 Å². The van der Waals surface area contributed by atoms with Crippen molar-refractivity contribution in [3.8, 4) is 6.07 Å². The van der Waals surface area contributed by atoms with Gasteiger partial charge in [0.2, 0.25) is 0 Å². The van der Waals surface area contributed by atoms with E-state index in [1.165, 1.54) is 0 Å². The zero-order chi connectivity index (χ0) is 28.9. The molecule has 0 N–H and O–H groups in total. The molecule has 38 heavy (non-hydrogen) atoms. The molecule has 1 aromatic carbocycles. The van der Waals surface area contributed by atoms with Gasteiger partial charge >= 0.3 is 11.9 Å². The largest absolute Gasteiger partial charge is 0.466 e. The van der Waals surface area contributed by atoms with Gasteiger partial charge in [0.1, 0.15) is 0 Å². The van der Waals surface area contributed by atoms with Gasteiger partial charge in [0.05, 0.1) is 35.9 Å². The number of rotatable bonds is 18. The van der Waals surface area contributed by atoms with Crippen LogP contribution in [0.3, 0.4) is 0 Å². The van der Waals surface area contributed by atoms with Crippen LogP contribution in [0.15, 0.2) is 30.3 Å². The van der Waals surface area contributed by atoms with Crippen molar-refractivity contribution in [3.05, 3.63) is 35.9 Å². The molecule has 0 aliphatic heterocycles. The van der Waals surface area contributed by atoms with E-state index >= 15 is 0 Å². The minimum Gasteiger partial charge on any atom is -0.466 e. The predicted octanol–water partition coefficient (Wildman–Crippen LogP) is 6.55. The number of ether oxygens (including phenoxy) is 2. The normalized spacial score (nSPS) is 13.8. The van der Waals surface area contributed by atoms with Gasteiger partial charge in [-0.05, 0) is 72.8 Å². The second-order valence-corrected chi connectivity index (χ2v) is 13.6. The first-order valence-corrected chi connectivity index (χ1v) is 15.4. The van der Waals surface area contributed by atoms with Crippen molar-refractivity contribution in [1.82, 2.24) is 0 Å². The molecule has 7 nitrogen and oxygen atoms in total. The lowest BCUT2D eigenvalue weighted by molar-refractivity contribution is -0.154.